The minimum Gasteiger partial charge on any atom is -0.455 e. The van der Waals surface area contributed by atoms with E-state index in [9.17, 15) is 19.7 Å². The first kappa shape index (κ1) is 19.7. The second-order valence-corrected chi connectivity index (χ2v) is 8.09. The van der Waals surface area contributed by atoms with Crippen LogP contribution in [-0.2, 0) is 14.3 Å². The third-order valence-corrected chi connectivity index (χ3v) is 6.31. The third-order valence-electron chi connectivity index (χ3n) is 5.32. The van der Waals surface area contributed by atoms with Gasteiger partial charge < -0.3 is 9.64 Å². The second-order valence-electron chi connectivity index (χ2n) is 7.04. The van der Waals surface area contributed by atoms with Crippen LogP contribution in [0.4, 0.5) is 5.69 Å². The molecule has 8 heteroatoms. The van der Waals surface area contributed by atoms with Crippen molar-refractivity contribution in [3.8, 4) is 0 Å². The number of benzene rings is 1. The average molecular weight is 392 g/mol. The van der Waals surface area contributed by atoms with Gasteiger partial charge in [-0.3, -0.25) is 19.7 Å². The Morgan fingerprint density at radius 1 is 1.15 bits per heavy atom. The summed E-state index contributed by atoms with van der Waals surface area (Å²) in [5.41, 5.74) is 0.00933. The Morgan fingerprint density at radius 3 is 2.59 bits per heavy atom. The number of amides is 1. The molecule has 2 fully saturated rings. The van der Waals surface area contributed by atoms with Crippen LogP contribution >= 0.6 is 11.8 Å². The predicted molar refractivity (Wildman–Crippen MR) is 101 cm³/mol. The van der Waals surface area contributed by atoms with Crippen molar-refractivity contribution in [3.05, 3.63) is 34.4 Å². The lowest BCUT2D eigenvalue weighted by atomic mass is 9.78. The quantitative estimate of drug-likeness (QED) is 0.319. The molecule has 1 saturated carbocycles. The maximum atomic E-state index is 12.5. The van der Waals surface area contributed by atoms with Crippen LogP contribution < -0.4 is 0 Å². The van der Waals surface area contributed by atoms with Gasteiger partial charge in [-0.05, 0) is 43.7 Å². The van der Waals surface area contributed by atoms with Crippen LogP contribution in [0.3, 0.4) is 0 Å². The predicted octanol–water partition coefficient (Wildman–Crippen LogP) is 3.41. The molecule has 1 aliphatic carbocycles. The number of thioether (sulfide) groups is 1. The number of carbonyl (C=O) groups is 2. The highest BCUT2D eigenvalue weighted by atomic mass is 32.2. The first-order chi connectivity index (χ1) is 13.0. The minimum atomic E-state index is -0.466. The maximum absolute atomic E-state index is 12.5. The molecule has 2 aliphatic rings. The number of non-ortho nitro benzene ring substituents is 1. The van der Waals surface area contributed by atoms with Gasteiger partial charge in [0, 0.05) is 29.6 Å². The molecule has 0 N–H and O–H groups in total. The van der Waals surface area contributed by atoms with Gasteiger partial charge in [-0.25, -0.2) is 0 Å². The molecule has 1 heterocycles. The normalized spacial score (nSPS) is 22.0. The molecule has 1 saturated heterocycles. The summed E-state index contributed by atoms with van der Waals surface area (Å²) in [7, 11) is 0. The molecular weight excluding hydrogens is 368 g/mol. The molecule has 0 radical (unpaired) electrons. The highest BCUT2D eigenvalue weighted by molar-refractivity contribution is 8.00. The van der Waals surface area contributed by atoms with E-state index in [4.69, 9.17) is 4.74 Å². The van der Waals surface area contributed by atoms with E-state index in [1.54, 1.807) is 12.1 Å². The molecule has 7 nitrogen and oxygen atoms in total. The molecule has 3 rings (SSSR count). The van der Waals surface area contributed by atoms with E-state index >= 15 is 0 Å². The van der Waals surface area contributed by atoms with Crippen molar-refractivity contribution in [3.63, 3.8) is 0 Å². The van der Waals surface area contributed by atoms with Gasteiger partial charge in [0.2, 0.25) is 0 Å². The Kier molecular flexibility index (Phi) is 6.71. The van der Waals surface area contributed by atoms with Gasteiger partial charge in [0.25, 0.3) is 11.6 Å². The monoisotopic (exact) mass is 392 g/mol. The van der Waals surface area contributed by atoms with Gasteiger partial charge in [-0.1, -0.05) is 12.8 Å². The number of hydrogen-bond donors (Lipinski definition) is 0. The number of hydrogen-bond acceptors (Lipinski definition) is 6. The zero-order valence-electron chi connectivity index (χ0n) is 15.2. The number of rotatable bonds is 6. The maximum Gasteiger partial charge on any atom is 0.316 e. The highest BCUT2D eigenvalue weighted by Crippen LogP contribution is 2.35. The molecule has 1 aromatic carbocycles. The molecule has 1 aromatic rings. The lowest BCUT2D eigenvalue weighted by Gasteiger charge is -2.44. The number of esters is 1. The number of ether oxygens (including phenoxy) is 1. The number of carbonyl (C=O) groups excluding carboxylic acids is 2. The topological polar surface area (TPSA) is 89.7 Å². The van der Waals surface area contributed by atoms with Crippen LogP contribution in [-0.4, -0.2) is 46.6 Å². The first-order valence-corrected chi connectivity index (χ1v) is 10.4. The fraction of sp³-hybridized carbons (Fsp3) is 0.579. The molecule has 1 amide bonds. The van der Waals surface area contributed by atoms with E-state index in [-0.39, 0.29) is 24.0 Å². The van der Waals surface area contributed by atoms with Crippen molar-refractivity contribution >= 4 is 29.3 Å². The van der Waals surface area contributed by atoms with Gasteiger partial charge >= 0.3 is 5.97 Å². The van der Waals surface area contributed by atoms with E-state index in [2.05, 4.69) is 0 Å². The summed E-state index contributed by atoms with van der Waals surface area (Å²) in [6, 6.07) is 6.30. The Hall–Kier alpha value is -2.09. The summed E-state index contributed by atoms with van der Waals surface area (Å²) >= 11 is 1.23. The number of piperidine rings is 1. The van der Waals surface area contributed by atoms with E-state index in [1.165, 1.54) is 43.2 Å². The van der Waals surface area contributed by atoms with E-state index in [1.807, 2.05) is 4.90 Å². The molecule has 0 unspecified atom stereocenters. The SMILES string of the molecule is O=C(CSc1ccc([N+](=O)[O-])cc1)OCC(=O)N1CCC[C@@H]2CCCC[C@H]21. The highest BCUT2D eigenvalue weighted by Gasteiger charge is 2.35. The zero-order chi connectivity index (χ0) is 19.2. The van der Waals surface area contributed by atoms with E-state index in [0.29, 0.717) is 12.0 Å². The Balaban J connectivity index is 1.43. The van der Waals surface area contributed by atoms with Crippen LogP contribution in [0.2, 0.25) is 0 Å². The van der Waals surface area contributed by atoms with Crippen molar-refractivity contribution in [2.45, 2.75) is 49.5 Å². The van der Waals surface area contributed by atoms with Gasteiger partial charge in [-0.15, -0.1) is 11.8 Å². The van der Waals surface area contributed by atoms with Crippen molar-refractivity contribution in [2.75, 3.05) is 18.9 Å². The standard InChI is InChI=1S/C19H24N2O5S/c22-18(20-11-3-5-14-4-1-2-6-17(14)20)12-26-19(23)13-27-16-9-7-15(8-10-16)21(24)25/h7-10,14,17H,1-6,11-13H2/t14-,17+/m0/s1. The van der Waals surface area contributed by atoms with E-state index in [0.717, 1.165) is 30.7 Å². The summed E-state index contributed by atoms with van der Waals surface area (Å²) in [6.07, 6.45) is 6.88. The smallest absolute Gasteiger partial charge is 0.316 e. The number of nitro benzene ring substituents is 1. The van der Waals surface area contributed by atoms with Gasteiger partial charge in [0.15, 0.2) is 6.61 Å². The molecule has 27 heavy (non-hydrogen) atoms. The summed E-state index contributed by atoms with van der Waals surface area (Å²) in [5, 5.41) is 10.6. The largest absolute Gasteiger partial charge is 0.455 e. The number of likely N-dealkylation sites (tertiary alicyclic amines) is 1. The fourth-order valence-electron chi connectivity index (χ4n) is 4.01. The molecule has 146 valence electrons. The van der Waals surface area contributed by atoms with Crippen LogP contribution in [0.15, 0.2) is 29.2 Å². The lowest BCUT2D eigenvalue weighted by molar-refractivity contribution is -0.384. The fourth-order valence-corrected chi connectivity index (χ4v) is 4.70. The average Bonchev–Trinajstić information content (AvgIpc) is 2.70. The van der Waals surface area contributed by atoms with Gasteiger partial charge in [0.1, 0.15) is 0 Å². The van der Waals surface area contributed by atoms with Crippen LogP contribution in [0.25, 0.3) is 0 Å². The molecule has 0 aromatic heterocycles. The minimum absolute atomic E-state index is 0.00933. The third kappa shape index (κ3) is 5.22. The number of nitro groups is 1. The van der Waals surface area contributed by atoms with Crippen LogP contribution in [0.1, 0.15) is 38.5 Å². The molecule has 2 atom stereocenters. The summed E-state index contributed by atoms with van der Waals surface area (Å²) in [6.45, 7) is 0.554. The van der Waals surface area contributed by atoms with Gasteiger partial charge in [-0.2, -0.15) is 0 Å². The number of nitrogens with zero attached hydrogens (tertiary/aromatic N) is 2. The van der Waals surface area contributed by atoms with Crippen LogP contribution in [0.5, 0.6) is 0 Å². The summed E-state index contributed by atoms with van der Waals surface area (Å²) < 4.78 is 5.16. The van der Waals surface area contributed by atoms with E-state index < -0.39 is 10.9 Å². The zero-order valence-corrected chi connectivity index (χ0v) is 16.0. The second kappa shape index (κ2) is 9.21. The van der Waals surface area contributed by atoms with Crippen molar-refractivity contribution < 1.29 is 19.2 Å². The Labute approximate surface area is 162 Å². The van der Waals surface area contributed by atoms with Crippen molar-refractivity contribution in [2.24, 2.45) is 5.92 Å². The van der Waals surface area contributed by atoms with Crippen LogP contribution in [0, 0.1) is 16.0 Å². The molecule has 0 spiro atoms. The summed E-state index contributed by atoms with van der Waals surface area (Å²) in [4.78, 5) is 37.3. The van der Waals surface area contributed by atoms with Gasteiger partial charge in [0.05, 0.1) is 10.7 Å². The molecule has 0 bridgehead atoms. The first-order valence-electron chi connectivity index (χ1n) is 9.37. The lowest BCUT2D eigenvalue weighted by Crippen LogP contribution is -2.50. The van der Waals surface area contributed by atoms with Crippen molar-refractivity contribution in [1.29, 1.82) is 0 Å². The Morgan fingerprint density at radius 2 is 1.85 bits per heavy atom. The summed E-state index contributed by atoms with van der Waals surface area (Å²) in [5.74, 6) is 0.117. The Bertz CT molecular complexity index is 692. The molecule has 1 aliphatic heterocycles. The van der Waals surface area contributed by atoms with Crippen molar-refractivity contribution in [1.82, 2.24) is 4.90 Å². The number of fused-ring (bicyclic) bond motifs is 1. The molecular formula is C19H24N2O5S.